The molecule has 0 aliphatic heterocycles. The van der Waals surface area contributed by atoms with Crippen LogP contribution in [-0.4, -0.2) is 13.3 Å². The summed E-state index contributed by atoms with van der Waals surface area (Å²) in [6, 6.07) is 6.80. The predicted molar refractivity (Wildman–Crippen MR) is 59.7 cm³/mol. The van der Waals surface area contributed by atoms with Gasteiger partial charge in [-0.25, -0.2) is 0 Å². The Morgan fingerprint density at radius 1 is 1.31 bits per heavy atom. The van der Waals surface area contributed by atoms with Crippen molar-refractivity contribution in [3.8, 4) is 0 Å². The Kier molecular flexibility index (Phi) is 2.49. The Morgan fingerprint density at radius 3 is 2.62 bits per heavy atom. The SMILES string of the molecule is CNc1cc(SC)cc(C2CC2)c1. The molecule has 0 amide bonds. The molecule has 1 N–H and O–H groups in total. The number of benzene rings is 1. The summed E-state index contributed by atoms with van der Waals surface area (Å²) >= 11 is 1.82. The van der Waals surface area contributed by atoms with Gasteiger partial charge in [-0.1, -0.05) is 0 Å². The molecule has 1 aromatic rings. The summed E-state index contributed by atoms with van der Waals surface area (Å²) in [6.07, 6.45) is 4.88. The lowest BCUT2D eigenvalue weighted by atomic mass is 10.1. The molecule has 1 nitrogen and oxygen atoms in total. The number of anilines is 1. The van der Waals surface area contributed by atoms with E-state index in [1.165, 1.54) is 29.0 Å². The van der Waals surface area contributed by atoms with E-state index in [4.69, 9.17) is 0 Å². The fourth-order valence-electron chi connectivity index (χ4n) is 1.54. The highest BCUT2D eigenvalue weighted by molar-refractivity contribution is 7.98. The van der Waals surface area contributed by atoms with Crippen molar-refractivity contribution < 1.29 is 0 Å². The Morgan fingerprint density at radius 2 is 2.08 bits per heavy atom. The molecule has 0 atom stereocenters. The Balaban J connectivity index is 2.33. The number of rotatable bonds is 3. The van der Waals surface area contributed by atoms with Gasteiger partial charge in [0.15, 0.2) is 0 Å². The van der Waals surface area contributed by atoms with Crippen LogP contribution in [0, 0.1) is 0 Å². The van der Waals surface area contributed by atoms with Crippen LogP contribution in [0.25, 0.3) is 0 Å². The molecule has 70 valence electrons. The molecule has 13 heavy (non-hydrogen) atoms. The standard InChI is InChI=1S/C11H15NS/c1-12-10-5-9(8-3-4-8)6-11(7-10)13-2/h5-8,12H,3-4H2,1-2H3. The van der Waals surface area contributed by atoms with Gasteiger partial charge >= 0.3 is 0 Å². The zero-order valence-electron chi connectivity index (χ0n) is 8.13. The van der Waals surface area contributed by atoms with Gasteiger partial charge < -0.3 is 5.32 Å². The summed E-state index contributed by atoms with van der Waals surface area (Å²) in [5.74, 6) is 0.846. The third-order valence-corrected chi connectivity index (χ3v) is 3.21. The summed E-state index contributed by atoms with van der Waals surface area (Å²) in [5, 5.41) is 3.21. The van der Waals surface area contributed by atoms with E-state index >= 15 is 0 Å². The molecule has 1 aliphatic carbocycles. The van der Waals surface area contributed by atoms with Gasteiger partial charge in [0, 0.05) is 17.6 Å². The van der Waals surface area contributed by atoms with Gasteiger partial charge in [0.25, 0.3) is 0 Å². The molecule has 1 aromatic carbocycles. The van der Waals surface area contributed by atoms with Crippen LogP contribution in [0.1, 0.15) is 24.3 Å². The summed E-state index contributed by atoms with van der Waals surface area (Å²) in [4.78, 5) is 1.37. The van der Waals surface area contributed by atoms with Crippen LogP contribution in [0.3, 0.4) is 0 Å². The van der Waals surface area contributed by atoms with Crippen molar-refractivity contribution in [1.82, 2.24) is 0 Å². The van der Waals surface area contributed by atoms with Gasteiger partial charge in [-0.05, 0) is 48.8 Å². The van der Waals surface area contributed by atoms with Gasteiger partial charge in [0.1, 0.15) is 0 Å². The largest absolute Gasteiger partial charge is 0.388 e. The van der Waals surface area contributed by atoms with Crippen molar-refractivity contribution in [3.05, 3.63) is 23.8 Å². The predicted octanol–water partition coefficient (Wildman–Crippen LogP) is 3.33. The van der Waals surface area contributed by atoms with Crippen molar-refractivity contribution in [2.75, 3.05) is 18.6 Å². The van der Waals surface area contributed by atoms with Crippen LogP contribution in [0.15, 0.2) is 23.1 Å². The van der Waals surface area contributed by atoms with Gasteiger partial charge in [-0.3, -0.25) is 0 Å². The lowest BCUT2D eigenvalue weighted by Gasteiger charge is -2.06. The first-order valence-corrected chi connectivity index (χ1v) is 5.92. The fourth-order valence-corrected chi connectivity index (χ4v) is 2.04. The third-order valence-electron chi connectivity index (χ3n) is 2.50. The minimum absolute atomic E-state index is 0.846. The first-order chi connectivity index (χ1) is 6.33. The zero-order valence-corrected chi connectivity index (χ0v) is 8.95. The normalized spacial score (nSPS) is 15.8. The van der Waals surface area contributed by atoms with Crippen LogP contribution in [0.5, 0.6) is 0 Å². The average Bonchev–Trinajstić information content (AvgIpc) is 3.00. The minimum Gasteiger partial charge on any atom is -0.388 e. The molecule has 0 unspecified atom stereocenters. The minimum atomic E-state index is 0.846. The van der Waals surface area contributed by atoms with Crippen LogP contribution < -0.4 is 5.32 Å². The Bertz CT molecular complexity index is 283. The monoisotopic (exact) mass is 193 g/mol. The second kappa shape index (κ2) is 3.62. The van der Waals surface area contributed by atoms with E-state index in [0.717, 1.165) is 5.92 Å². The molecule has 0 spiro atoms. The summed E-state index contributed by atoms with van der Waals surface area (Å²) < 4.78 is 0. The van der Waals surface area contributed by atoms with Crippen molar-refractivity contribution in [2.24, 2.45) is 0 Å². The van der Waals surface area contributed by atoms with E-state index in [-0.39, 0.29) is 0 Å². The van der Waals surface area contributed by atoms with Gasteiger partial charge in [0.05, 0.1) is 0 Å². The molecule has 2 rings (SSSR count). The van der Waals surface area contributed by atoms with E-state index in [9.17, 15) is 0 Å². The number of hydrogen-bond donors (Lipinski definition) is 1. The molecule has 0 bridgehead atoms. The highest BCUT2D eigenvalue weighted by Gasteiger charge is 2.23. The average molecular weight is 193 g/mol. The fraction of sp³-hybridized carbons (Fsp3) is 0.455. The molecule has 1 saturated carbocycles. The number of hydrogen-bond acceptors (Lipinski definition) is 2. The maximum Gasteiger partial charge on any atom is 0.0351 e. The van der Waals surface area contributed by atoms with E-state index in [2.05, 4.69) is 29.8 Å². The molecule has 1 fully saturated rings. The molecule has 1 aliphatic rings. The van der Waals surface area contributed by atoms with E-state index < -0.39 is 0 Å². The molecule has 0 radical (unpaired) electrons. The van der Waals surface area contributed by atoms with Crippen molar-refractivity contribution in [1.29, 1.82) is 0 Å². The second-order valence-corrected chi connectivity index (χ2v) is 4.40. The quantitative estimate of drug-likeness (QED) is 0.739. The van der Waals surface area contributed by atoms with Crippen LogP contribution in [0.4, 0.5) is 5.69 Å². The van der Waals surface area contributed by atoms with Gasteiger partial charge in [0.2, 0.25) is 0 Å². The van der Waals surface area contributed by atoms with E-state index in [0.29, 0.717) is 0 Å². The van der Waals surface area contributed by atoms with Crippen LogP contribution in [0.2, 0.25) is 0 Å². The molecule has 0 saturated heterocycles. The van der Waals surface area contributed by atoms with Gasteiger partial charge in [-0.2, -0.15) is 0 Å². The van der Waals surface area contributed by atoms with Crippen molar-refractivity contribution >= 4 is 17.4 Å². The zero-order chi connectivity index (χ0) is 9.26. The topological polar surface area (TPSA) is 12.0 Å². The molecule has 0 aromatic heterocycles. The Labute approximate surface area is 83.9 Å². The van der Waals surface area contributed by atoms with E-state index in [1.54, 1.807) is 0 Å². The number of nitrogens with one attached hydrogen (secondary N) is 1. The lowest BCUT2D eigenvalue weighted by molar-refractivity contribution is 1.11. The lowest BCUT2D eigenvalue weighted by Crippen LogP contribution is -1.90. The molecular formula is C11H15NS. The highest BCUT2D eigenvalue weighted by Crippen LogP contribution is 2.42. The highest BCUT2D eigenvalue weighted by atomic mass is 32.2. The van der Waals surface area contributed by atoms with Crippen LogP contribution in [-0.2, 0) is 0 Å². The third kappa shape index (κ3) is 1.99. The maximum absolute atomic E-state index is 3.21. The van der Waals surface area contributed by atoms with Crippen molar-refractivity contribution in [2.45, 2.75) is 23.7 Å². The first-order valence-electron chi connectivity index (χ1n) is 4.70. The smallest absolute Gasteiger partial charge is 0.0351 e. The second-order valence-electron chi connectivity index (χ2n) is 3.52. The maximum atomic E-state index is 3.21. The van der Waals surface area contributed by atoms with Gasteiger partial charge in [-0.15, -0.1) is 11.8 Å². The van der Waals surface area contributed by atoms with E-state index in [1.807, 2.05) is 18.8 Å². The summed E-state index contributed by atoms with van der Waals surface area (Å²) in [7, 11) is 1.98. The molecule has 0 heterocycles. The van der Waals surface area contributed by atoms with Crippen molar-refractivity contribution in [3.63, 3.8) is 0 Å². The molecule has 2 heteroatoms. The Hall–Kier alpha value is -0.630. The summed E-state index contributed by atoms with van der Waals surface area (Å²) in [6.45, 7) is 0. The van der Waals surface area contributed by atoms with Crippen LogP contribution >= 0.6 is 11.8 Å². The molecular weight excluding hydrogens is 178 g/mol. The summed E-state index contributed by atoms with van der Waals surface area (Å²) in [5.41, 5.74) is 2.75. The first kappa shape index (κ1) is 8.95. The number of thioether (sulfide) groups is 1.